The first kappa shape index (κ1) is 12.7. The molecule has 0 N–H and O–H groups in total. The minimum atomic E-state index is 0.163. The third-order valence-corrected chi connectivity index (χ3v) is 3.48. The summed E-state index contributed by atoms with van der Waals surface area (Å²) in [7, 11) is 0. The van der Waals surface area contributed by atoms with Crippen molar-refractivity contribution in [2.75, 3.05) is 13.2 Å². The van der Waals surface area contributed by atoms with E-state index in [9.17, 15) is 4.79 Å². The quantitative estimate of drug-likeness (QED) is 0.676. The van der Waals surface area contributed by atoms with Crippen LogP contribution in [0.5, 0.6) is 0 Å². The first-order chi connectivity index (χ1) is 7.24. The number of rotatable bonds is 6. The SMILES string of the molecule is CCC(C)C(=O)COCC1CCCCC1. The van der Waals surface area contributed by atoms with Crippen LogP contribution < -0.4 is 0 Å². The molecule has 88 valence electrons. The molecule has 0 aromatic carbocycles. The van der Waals surface area contributed by atoms with E-state index in [0.717, 1.165) is 13.0 Å². The Morgan fingerprint density at radius 1 is 1.33 bits per heavy atom. The van der Waals surface area contributed by atoms with Crippen LogP contribution in [-0.2, 0) is 9.53 Å². The van der Waals surface area contributed by atoms with Gasteiger partial charge in [0, 0.05) is 12.5 Å². The molecule has 1 unspecified atom stereocenters. The van der Waals surface area contributed by atoms with E-state index in [-0.39, 0.29) is 11.7 Å². The van der Waals surface area contributed by atoms with E-state index >= 15 is 0 Å². The minimum Gasteiger partial charge on any atom is -0.373 e. The molecular formula is C13H24O2. The first-order valence-corrected chi connectivity index (χ1v) is 6.34. The molecule has 0 spiro atoms. The van der Waals surface area contributed by atoms with Gasteiger partial charge < -0.3 is 4.74 Å². The number of Topliss-reactive ketones (excluding diaryl/α,β-unsaturated/α-hetero) is 1. The molecule has 0 aromatic rings. The number of ether oxygens (including phenoxy) is 1. The Labute approximate surface area is 93.4 Å². The number of carbonyl (C=O) groups excluding carboxylic acids is 1. The van der Waals surface area contributed by atoms with Gasteiger partial charge in [0.15, 0.2) is 5.78 Å². The summed E-state index contributed by atoms with van der Waals surface area (Å²) < 4.78 is 5.51. The lowest BCUT2D eigenvalue weighted by atomic mass is 9.90. The van der Waals surface area contributed by atoms with Crippen molar-refractivity contribution in [1.29, 1.82) is 0 Å². The summed E-state index contributed by atoms with van der Waals surface area (Å²) in [6.45, 7) is 5.14. The van der Waals surface area contributed by atoms with Gasteiger partial charge in [0.05, 0.1) is 0 Å². The molecular weight excluding hydrogens is 188 g/mol. The van der Waals surface area contributed by atoms with Crippen molar-refractivity contribution in [2.45, 2.75) is 52.4 Å². The van der Waals surface area contributed by atoms with Crippen molar-refractivity contribution in [3.63, 3.8) is 0 Å². The summed E-state index contributed by atoms with van der Waals surface area (Å²) in [5.41, 5.74) is 0. The molecule has 1 atom stereocenters. The van der Waals surface area contributed by atoms with Gasteiger partial charge in [-0.3, -0.25) is 4.79 Å². The predicted octanol–water partition coefficient (Wildman–Crippen LogP) is 3.20. The molecule has 2 heteroatoms. The van der Waals surface area contributed by atoms with Gasteiger partial charge in [-0.25, -0.2) is 0 Å². The maximum atomic E-state index is 11.5. The van der Waals surface area contributed by atoms with E-state index < -0.39 is 0 Å². The molecule has 0 saturated heterocycles. The van der Waals surface area contributed by atoms with E-state index in [1.807, 2.05) is 13.8 Å². The highest BCUT2D eigenvalue weighted by atomic mass is 16.5. The highest BCUT2D eigenvalue weighted by Crippen LogP contribution is 2.23. The molecule has 0 aromatic heterocycles. The van der Waals surface area contributed by atoms with Crippen LogP contribution in [0.3, 0.4) is 0 Å². The van der Waals surface area contributed by atoms with Gasteiger partial charge in [0.25, 0.3) is 0 Å². The van der Waals surface area contributed by atoms with Crippen LogP contribution in [0.1, 0.15) is 52.4 Å². The topological polar surface area (TPSA) is 26.3 Å². The molecule has 1 saturated carbocycles. The van der Waals surface area contributed by atoms with Gasteiger partial charge in [0.2, 0.25) is 0 Å². The molecule has 0 heterocycles. The lowest BCUT2D eigenvalue weighted by molar-refractivity contribution is -0.127. The summed E-state index contributed by atoms with van der Waals surface area (Å²) in [6, 6.07) is 0. The Morgan fingerprint density at radius 2 is 2.00 bits per heavy atom. The van der Waals surface area contributed by atoms with E-state index in [0.29, 0.717) is 12.5 Å². The van der Waals surface area contributed by atoms with Crippen LogP contribution in [0.4, 0.5) is 0 Å². The number of ketones is 1. The molecule has 1 aliphatic carbocycles. The second-order valence-corrected chi connectivity index (χ2v) is 4.79. The second kappa shape index (κ2) is 7.00. The van der Waals surface area contributed by atoms with Gasteiger partial charge in [-0.1, -0.05) is 33.1 Å². The van der Waals surface area contributed by atoms with Crippen molar-refractivity contribution >= 4 is 5.78 Å². The Kier molecular flexibility index (Phi) is 5.92. The standard InChI is InChI=1S/C13H24O2/c1-3-11(2)13(14)10-15-9-12-7-5-4-6-8-12/h11-12H,3-10H2,1-2H3. The maximum absolute atomic E-state index is 11.5. The van der Waals surface area contributed by atoms with E-state index in [2.05, 4.69) is 0 Å². The lowest BCUT2D eigenvalue weighted by Gasteiger charge is -2.21. The highest BCUT2D eigenvalue weighted by molar-refractivity contribution is 5.81. The number of carbonyl (C=O) groups is 1. The van der Waals surface area contributed by atoms with E-state index in [1.54, 1.807) is 0 Å². The normalized spacial score (nSPS) is 20.1. The highest BCUT2D eigenvalue weighted by Gasteiger charge is 2.15. The largest absolute Gasteiger partial charge is 0.373 e. The molecule has 0 radical (unpaired) electrons. The van der Waals surface area contributed by atoms with Crippen LogP contribution >= 0.6 is 0 Å². The van der Waals surface area contributed by atoms with Gasteiger partial charge >= 0.3 is 0 Å². The monoisotopic (exact) mass is 212 g/mol. The third-order valence-electron chi connectivity index (χ3n) is 3.48. The Hall–Kier alpha value is -0.370. The van der Waals surface area contributed by atoms with Gasteiger partial charge in [-0.2, -0.15) is 0 Å². The number of hydrogen-bond acceptors (Lipinski definition) is 2. The van der Waals surface area contributed by atoms with Crippen LogP contribution in [0.2, 0.25) is 0 Å². The van der Waals surface area contributed by atoms with Crippen molar-refractivity contribution in [1.82, 2.24) is 0 Å². The molecule has 1 aliphatic rings. The zero-order valence-electron chi connectivity index (χ0n) is 10.1. The zero-order chi connectivity index (χ0) is 11.1. The zero-order valence-corrected chi connectivity index (χ0v) is 10.1. The first-order valence-electron chi connectivity index (χ1n) is 6.34. The Bertz CT molecular complexity index is 183. The molecule has 2 nitrogen and oxygen atoms in total. The average Bonchev–Trinajstić information content (AvgIpc) is 2.29. The Morgan fingerprint density at radius 3 is 2.60 bits per heavy atom. The molecule has 1 rings (SSSR count). The smallest absolute Gasteiger partial charge is 0.161 e. The van der Waals surface area contributed by atoms with E-state index in [1.165, 1.54) is 32.1 Å². The van der Waals surface area contributed by atoms with Gasteiger partial charge in [0.1, 0.15) is 6.61 Å². The summed E-state index contributed by atoms with van der Waals surface area (Å²) in [6.07, 6.45) is 7.56. The van der Waals surface area contributed by atoms with Crippen molar-refractivity contribution in [3.8, 4) is 0 Å². The predicted molar refractivity (Wildman–Crippen MR) is 61.9 cm³/mol. The average molecular weight is 212 g/mol. The van der Waals surface area contributed by atoms with Crippen LogP contribution in [0.15, 0.2) is 0 Å². The van der Waals surface area contributed by atoms with Gasteiger partial charge in [-0.05, 0) is 25.2 Å². The summed E-state index contributed by atoms with van der Waals surface area (Å²) >= 11 is 0. The third kappa shape index (κ3) is 4.78. The Balaban J connectivity index is 2.07. The fraction of sp³-hybridized carbons (Fsp3) is 0.923. The number of hydrogen-bond donors (Lipinski definition) is 0. The molecule has 0 aliphatic heterocycles. The van der Waals surface area contributed by atoms with Crippen LogP contribution in [0, 0.1) is 11.8 Å². The minimum absolute atomic E-state index is 0.163. The summed E-state index contributed by atoms with van der Waals surface area (Å²) in [4.78, 5) is 11.5. The second-order valence-electron chi connectivity index (χ2n) is 4.79. The van der Waals surface area contributed by atoms with Crippen molar-refractivity contribution in [3.05, 3.63) is 0 Å². The lowest BCUT2D eigenvalue weighted by Crippen LogP contribution is -2.20. The van der Waals surface area contributed by atoms with Gasteiger partial charge in [-0.15, -0.1) is 0 Å². The van der Waals surface area contributed by atoms with Crippen LogP contribution in [0.25, 0.3) is 0 Å². The van der Waals surface area contributed by atoms with E-state index in [4.69, 9.17) is 4.74 Å². The fourth-order valence-corrected chi connectivity index (χ4v) is 2.05. The molecule has 0 bridgehead atoms. The molecule has 1 fully saturated rings. The summed E-state index contributed by atoms with van der Waals surface area (Å²) in [5, 5.41) is 0. The van der Waals surface area contributed by atoms with Crippen molar-refractivity contribution in [2.24, 2.45) is 11.8 Å². The maximum Gasteiger partial charge on any atom is 0.161 e. The molecule has 15 heavy (non-hydrogen) atoms. The molecule has 0 amide bonds. The fourth-order valence-electron chi connectivity index (χ4n) is 2.05. The summed E-state index contributed by atoms with van der Waals surface area (Å²) in [5.74, 6) is 1.13. The van der Waals surface area contributed by atoms with Crippen LogP contribution in [-0.4, -0.2) is 19.0 Å². The van der Waals surface area contributed by atoms with Crippen molar-refractivity contribution < 1.29 is 9.53 Å².